The first-order valence-corrected chi connectivity index (χ1v) is 10.9. The van der Waals surface area contributed by atoms with Crippen LogP contribution in [0, 0.1) is 13.8 Å². The largest absolute Gasteiger partial charge is 0.376 e. The molecule has 1 aromatic carbocycles. The van der Waals surface area contributed by atoms with Crippen molar-refractivity contribution >= 4 is 38.0 Å². The molecule has 1 aliphatic heterocycles. The molecular formula is C17H16ClN3O4S2. The number of rotatable bonds is 4. The fourth-order valence-electron chi connectivity index (χ4n) is 2.98. The smallest absolute Gasteiger partial charge is 0.262 e. The lowest BCUT2D eigenvalue weighted by Crippen LogP contribution is -2.14. The number of halogens is 1. The van der Waals surface area contributed by atoms with E-state index in [4.69, 9.17) is 20.9 Å². The minimum Gasteiger partial charge on any atom is -0.376 e. The van der Waals surface area contributed by atoms with E-state index in [9.17, 15) is 8.42 Å². The SMILES string of the molecule is Cc1noc(-c2c(NS(=O)(=O)c3cccc(Cl)c3C)sc3c2CCOC3)n1. The molecule has 3 aromatic rings. The molecule has 0 bridgehead atoms. The lowest BCUT2D eigenvalue weighted by atomic mass is 10.1. The Kier molecular flexibility index (Phi) is 4.71. The van der Waals surface area contributed by atoms with Crippen molar-refractivity contribution in [1.82, 2.24) is 10.1 Å². The molecule has 27 heavy (non-hydrogen) atoms. The van der Waals surface area contributed by atoms with Crippen molar-refractivity contribution in [2.75, 3.05) is 11.3 Å². The van der Waals surface area contributed by atoms with Crippen molar-refractivity contribution < 1.29 is 17.7 Å². The van der Waals surface area contributed by atoms with E-state index in [-0.39, 0.29) is 4.90 Å². The van der Waals surface area contributed by atoms with Crippen LogP contribution in [0.1, 0.15) is 21.8 Å². The van der Waals surface area contributed by atoms with E-state index >= 15 is 0 Å². The fraction of sp³-hybridized carbons (Fsp3) is 0.294. The van der Waals surface area contributed by atoms with Crippen molar-refractivity contribution in [3.63, 3.8) is 0 Å². The molecule has 0 amide bonds. The summed E-state index contributed by atoms with van der Waals surface area (Å²) in [6.07, 6.45) is 0.653. The predicted molar refractivity (Wildman–Crippen MR) is 103 cm³/mol. The molecular weight excluding hydrogens is 410 g/mol. The molecule has 1 N–H and O–H groups in total. The first-order valence-electron chi connectivity index (χ1n) is 8.17. The molecule has 0 aliphatic carbocycles. The van der Waals surface area contributed by atoms with Crippen molar-refractivity contribution in [3.05, 3.63) is 45.1 Å². The molecule has 0 atom stereocenters. The molecule has 0 spiro atoms. The van der Waals surface area contributed by atoms with Gasteiger partial charge in [-0.25, -0.2) is 8.42 Å². The number of sulfonamides is 1. The zero-order valence-corrected chi connectivity index (χ0v) is 17.0. The monoisotopic (exact) mass is 425 g/mol. The molecule has 7 nitrogen and oxygen atoms in total. The maximum atomic E-state index is 13.0. The van der Waals surface area contributed by atoms with E-state index in [1.807, 2.05) is 0 Å². The van der Waals surface area contributed by atoms with Gasteiger partial charge in [-0.15, -0.1) is 11.3 Å². The predicted octanol–water partition coefficient (Wildman–Crippen LogP) is 3.94. The van der Waals surface area contributed by atoms with E-state index in [0.29, 0.717) is 52.5 Å². The van der Waals surface area contributed by atoms with Crippen LogP contribution < -0.4 is 4.72 Å². The third kappa shape index (κ3) is 3.36. The summed E-state index contributed by atoms with van der Waals surface area (Å²) >= 11 is 7.42. The Hall–Kier alpha value is -1.94. The Labute approximate surface area is 165 Å². The van der Waals surface area contributed by atoms with E-state index in [1.165, 1.54) is 17.4 Å². The van der Waals surface area contributed by atoms with Crippen LogP contribution >= 0.6 is 22.9 Å². The van der Waals surface area contributed by atoms with Gasteiger partial charge in [0.25, 0.3) is 15.9 Å². The quantitative estimate of drug-likeness (QED) is 0.680. The lowest BCUT2D eigenvalue weighted by molar-refractivity contribution is 0.113. The normalized spacial score (nSPS) is 14.2. The topological polar surface area (TPSA) is 94.3 Å². The van der Waals surface area contributed by atoms with Crippen molar-refractivity contribution in [1.29, 1.82) is 0 Å². The summed E-state index contributed by atoms with van der Waals surface area (Å²) in [4.78, 5) is 5.37. The Morgan fingerprint density at radius 3 is 2.85 bits per heavy atom. The van der Waals surface area contributed by atoms with E-state index in [0.717, 1.165) is 10.4 Å². The van der Waals surface area contributed by atoms with E-state index < -0.39 is 10.0 Å². The Balaban J connectivity index is 1.82. The van der Waals surface area contributed by atoms with Crippen LogP contribution in [0.25, 0.3) is 11.5 Å². The third-order valence-corrected chi connectivity index (χ3v) is 7.45. The van der Waals surface area contributed by atoms with Gasteiger partial charge >= 0.3 is 0 Å². The first-order chi connectivity index (χ1) is 12.9. The Morgan fingerprint density at radius 1 is 1.30 bits per heavy atom. The second-order valence-electron chi connectivity index (χ2n) is 6.13. The summed E-state index contributed by atoms with van der Waals surface area (Å²) in [7, 11) is -3.84. The summed E-state index contributed by atoms with van der Waals surface area (Å²) in [6.45, 7) is 4.38. The highest BCUT2D eigenvalue weighted by Crippen LogP contribution is 2.43. The number of nitrogens with one attached hydrogen (secondary N) is 1. The van der Waals surface area contributed by atoms with Gasteiger partial charge in [-0.1, -0.05) is 22.8 Å². The molecule has 0 saturated carbocycles. The number of hydrogen-bond donors (Lipinski definition) is 1. The molecule has 0 saturated heterocycles. The summed E-state index contributed by atoms with van der Waals surface area (Å²) in [6, 6.07) is 4.79. The molecule has 1 aliphatic rings. The van der Waals surface area contributed by atoms with Crippen LogP contribution in [-0.4, -0.2) is 25.2 Å². The van der Waals surface area contributed by atoms with Crippen LogP contribution in [-0.2, 0) is 27.8 Å². The van der Waals surface area contributed by atoms with Gasteiger partial charge in [0.2, 0.25) is 0 Å². The zero-order valence-electron chi connectivity index (χ0n) is 14.6. The van der Waals surface area contributed by atoms with E-state index in [1.54, 1.807) is 26.0 Å². The average Bonchev–Trinajstić information content (AvgIpc) is 3.19. The van der Waals surface area contributed by atoms with Gasteiger partial charge in [0, 0.05) is 9.90 Å². The minimum atomic E-state index is -3.84. The summed E-state index contributed by atoms with van der Waals surface area (Å²) in [5.74, 6) is 0.781. The summed E-state index contributed by atoms with van der Waals surface area (Å²) in [5, 5.41) is 4.67. The number of nitrogens with zero attached hydrogens (tertiary/aromatic N) is 2. The Bertz CT molecular complexity index is 1120. The van der Waals surface area contributed by atoms with Crippen molar-refractivity contribution in [2.24, 2.45) is 0 Å². The maximum Gasteiger partial charge on any atom is 0.262 e. The number of thiophene rings is 1. The second-order valence-corrected chi connectivity index (χ2v) is 9.29. The molecule has 0 radical (unpaired) electrons. The minimum absolute atomic E-state index is 0.130. The molecule has 142 valence electrons. The second kappa shape index (κ2) is 6.90. The van der Waals surface area contributed by atoms with Crippen LogP contribution in [0.3, 0.4) is 0 Å². The third-order valence-electron chi connectivity index (χ3n) is 4.30. The molecule has 0 unspecified atom stereocenters. The fourth-order valence-corrected chi connectivity index (χ4v) is 5.97. The lowest BCUT2D eigenvalue weighted by Gasteiger charge is -2.12. The highest BCUT2D eigenvalue weighted by Gasteiger charge is 2.29. The van der Waals surface area contributed by atoms with E-state index in [2.05, 4.69) is 14.9 Å². The summed E-state index contributed by atoms with van der Waals surface area (Å²) < 4.78 is 39.5. The van der Waals surface area contributed by atoms with Crippen molar-refractivity contribution in [3.8, 4) is 11.5 Å². The average molecular weight is 426 g/mol. The number of hydrogen-bond acceptors (Lipinski definition) is 7. The number of aryl methyl sites for hydroxylation is 1. The Morgan fingerprint density at radius 2 is 2.11 bits per heavy atom. The molecule has 10 heteroatoms. The number of anilines is 1. The number of benzene rings is 1. The number of aromatic nitrogens is 2. The highest BCUT2D eigenvalue weighted by molar-refractivity contribution is 7.93. The van der Waals surface area contributed by atoms with Gasteiger partial charge in [0.15, 0.2) is 5.82 Å². The van der Waals surface area contributed by atoms with Crippen LogP contribution in [0.15, 0.2) is 27.6 Å². The standard InChI is InChI=1S/C17H16ClN3O4S2/c1-9-12(18)4-3-5-14(9)27(22,23)21-17-15(16-19-10(2)20-25-16)11-6-7-24-8-13(11)26-17/h3-5,21H,6-8H2,1-2H3. The van der Waals surface area contributed by atoms with Crippen LogP contribution in [0.5, 0.6) is 0 Å². The summed E-state index contributed by atoms with van der Waals surface area (Å²) in [5.41, 5.74) is 2.10. The maximum absolute atomic E-state index is 13.0. The van der Waals surface area contributed by atoms with Gasteiger partial charge in [-0.05, 0) is 43.5 Å². The van der Waals surface area contributed by atoms with Crippen LogP contribution in [0.4, 0.5) is 5.00 Å². The number of ether oxygens (including phenoxy) is 1. The molecule has 4 rings (SSSR count). The first kappa shape index (κ1) is 18.4. The van der Waals surface area contributed by atoms with Crippen molar-refractivity contribution in [2.45, 2.75) is 31.8 Å². The van der Waals surface area contributed by atoms with Crippen LogP contribution in [0.2, 0.25) is 5.02 Å². The van der Waals surface area contributed by atoms with Gasteiger partial charge in [-0.2, -0.15) is 4.98 Å². The number of fused-ring (bicyclic) bond motifs is 1. The molecule has 0 fully saturated rings. The molecule has 3 heterocycles. The molecule has 2 aromatic heterocycles. The van der Waals surface area contributed by atoms with Gasteiger partial charge < -0.3 is 9.26 Å². The zero-order chi connectivity index (χ0) is 19.2. The van der Waals surface area contributed by atoms with Gasteiger partial charge in [0.05, 0.1) is 23.7 Å². The van der Waals surface area contributed by atoms with Gasteiger partial charge in [-0.3, -0.25) is 4.72 Å². The van der Waals surface area contributed by atoms with Gasteiger partial charge in [0.1, 0.15) is 5.00 Å². The highest BCUT2D eigenvalue weighted by atomic mass is 35.5.